The van der Waals surface area contributed by atoms with Crippen LogP contribution in [0.5, 0.6) is 5.75 Å². The molecule has 2 N–H and O–H groups in total. The molecule has 1 heterocycles. The van der Waals surface area contributed by atoms with E-state index in [1.54, 1.807) is 13.4 Å². The van der Waals surface area contributed by atoms with Crippen LogP contribution in [-0.4, -0.2) is 30.8 Å². The zero-order chi connectivity index (χ0) is 16.2. The Labute approximate surface area is 135 Å². The first-order chi connectivity index (χ1) is 11.2. The predicted molar refractivity (Wildman–Crippen MR) is 87.4 cm³/mol. The van der Waals surface area contributed by atoms with E-state index in [-0.39, 0.29) is 12.0 Å². The normalized spacial score (nSPS) is 21.3. The summed E-state index contributed by atoms with van der Waals surface area (Å²) in [5.74, 6) is 1.11. The molecule has 0 spiro atoms. The number of rotatable bonds is 5. The Kier molecular flexibility index (Phi) is 4.86. The molecule has 0 bridgehead atoms. The maximum absolute atomic E-state index is 12.2. The van der Waals surface area contributed by atoms with E-state index in [0.29, 0.717) is 18.9 Å². The standard InChI is InChI=1S/C18H23NO4/c1-22-15-5-6-16-13(11-23-17(16)9-15)8-18(21)19-10-12-3-2-4-14(20)7-12/h5-6,9,11-12,14,20H,2-4,7-8,10H2,1H3,(H,19,21). The summed E-state index contributed by atoms with van der Waals surface area (Å²) in [4.78, 5) is 12.2. The Morgan fingerprint density at radius 2 is 2.30 bits per heavy atom. The zero-order valence-corrected chi connectivity index (χ0v) is 13.4. The van der Waals surface area contributed by atoms with Gasteiger partial charge in [0.2, 0.25) is 5.91 Å². The summed E-state index contributed by atoms with van der Waals surface area (Å²) in [6.07, 6.45) is 5.51. The lowest BCUT2D eigenvalue weighted by Crippen LogP contribution is -2.33. The zero-order valence-electron chi connectivity index (χ0n) is 13.4. The van der Waals surface area contributed by atoms with Crippen LogP contribution in [0.4, 0.5) is 0 Å². The summed E-state index contributed by atoms with van der Waals surface area (Å²) < 4.78 is 10.7. The van der Waals surface area contributed by atoms with E-state index in [2.05, 4.69) is 5.32 Å². The molecule has 1 aromatic carbocycles. The number of nitrogens with one attached hydrogen (secondary N) is 1. The molecule has 5 nitrogen and oxygen atoms in total. The van der Waals surface area contributed by atoms with Crippen molar-refractivity contribution in [2.75, 3.05) is 13.7 Å². The number of aliphatic hydroxyl groups excluding tert-OH is 1. The summed E-state index contributed by atoms with van der Waals surface area (Å²) >= 11 is 0. The van der Waals surface area contributed by atoms with E-state index in [1.165, 1.54) is 0 Å². The predicted octanol–water partition coefficient (Wildman–Crippen LogP) is 2.65. The van der Waals surface area contributed by atoms with Gasteiger partial charge < -0.3 is 19.6 Å². The van der Waals surface area contributed by atoms with Crippen molar-refractivity contribution in [2.24, 2.45) is 5.92 Å². The molecule has 1 saturated carbocycles. The Hall–Kier alpha value is -2.01. The first kappa shape index (κ1) is 15.9. The van der Waals surface area contributed by atoms with Crippen LogP contribution in [0.3, 0.4) is 0 Å². The molecule has 1 amide bonds. The molecule has 0 saturated heterocycles. The fourth-order valence-electron chi connectivity index (χ4n) is 3.27. The largest absolute Gasteiger partial charge is 0.497 e. The maximum Gasteiger partial charge on any atom is 0.224 e. The first-order valence-corrected chi connectivity index (χ1v) is 8.14. The molecule has 2 unspecified atom stereocenters. The monoisotopic (exact) mass is 317 g/mol. The molecule has 1 aliphatic carbocycles. The van der Waals surface area contributed by atoms with Crippen molar-refractivity contribution in [2.45, 2.75) is 38.2 Å². The third-order valence-electron chi connectivity index (χ3n) is 4.56. The van der Waals surface area contributed by atoms with Crippen LogP contribution in [0.1, 0.15) is 31.2 Å². The van der Waals surface area contributed by atoms with E-state index in [9.17, 15) is 9.90 Å². The smallest absolute Gasteiger partial charge is 0.224 e. The average molecular weight is 317 g/mol. The molecule has 23 heavy (non-hydrogen) atoms. The number of ether oxygens (including phenoxy) is 1. The third kappa shape index (κ3) is 3.85. The highest BCUT2D eigenvalue weighted by Crippen LogP contribution is 2.26. The average Bonchev–Trinajstić information content (AvgIpc) is 2.95. The van der Waals surface area contributed by atoms with Gasteiger partial charge in [0.15, 0.2) is 0 Å². The number of fused-ring (bicyclic) bond motifs is 1. The molecule has 1 aliphatic rings. The number of benzene rings is 1. The minimum absolute atomic E-state index is 0.0106. The Balaban J connectivity index is 1.57. The van der Waals surface area contributed by atoms with Crippen molar-refractivity contribution in [3.63, 3.8) is 0 Å². The van der Waals surface area contributed by atoms with Crippen molar-refractivity contribution >= 4 is 16.9 Å². The van der Waals surface area contributed by atoms with Gasteiger partial charge in [0.05, 0.1) is 25.9 Å². The minimum Gasteiger partial charge on any atom is -0.497 e. The van der Waals surface area contributed by atoms with Gasteiger partial charge in [-0.3, -0.25) is 4.79 Å². The Bertz CT molecular complexity index is 679. The van der Waals surface area contributed by atoms with Crippen molar-refractivity contribution < 1.29 is 19.1 Å². The summed E-state index contributed by atoms with van der Waals surface area (Å²) in [5, 5.41) is 13.6. The van der Waals surface area contributed by atoms with Gasteiger partial charge in [-0.05, 0) is 37.3 Å². The molecule has 0 radical (unpaired) electrons. The van der Waals surface area contributed by atoms with Gasteiger partial charge in [-0.2, -0.15) is 0 Å². The number of furan rings is 1. The molecular weight excluding hydrogens is 294 g/mol. The number of hydrogen-bond acceptors (Lipinski definition) is 4. The second-order valence-electron chi connectivity index (χ2n) is 6.29. The van der Waals surface area contributed by atoms with E-state index >= 15 is 0 Å². The second kappa shape index (κ2) is 7.04. The molecule has 124 valence electrons. The van der Waals surface area contributed by atoms with Crippen LogP contribution < -0.4 is 10.1 Å². The van der Waals surface area contributed by atoms with Gasteiger partial charge in [0, 0.05) is 23.6 Å². The highest BCUT2D eigenvalue weighted by Gasteiger charge is 2.20. The van der Waals surface area contributed by atoms with Crippen molar-refractivity contribution in [1.29, 1.82) is 0 Å². The van der Waals surface area contributed by atoms with Crippen molar-refractivity contribution in [3.05, 3.63) is 30.0 Å². The van der Waals surface area contributed by atoms with Crippen LogP contribution in [0.15, 0.2) is 28.9 Å². The fraction of sp³-hybridized carbons (Fsp3) is 0.500. The van der Waals surface area contributed by atoms with E-state index in [1.807, 2.05) is 18.2 Å². The topological polar surface area (TPSA) is 71.7 Å². The molecule has 1 aromatic heterocycles. The van der Waals surface area contributed by atoms with Crippen LogP contribution in [0.2, 0.25) is 0 Å². The minimum atomic E-state index is -0.210. The van der Waals surface area contributed by atoms with Crippen LogP contribution in [0, 0.1) is 5.92 Å². The SMILES string of the molecule is COc1ccc2c(CC(=O)NCC3CCCC(O)C3)coc2c1. The molecule has 2 aromatic rings. The molecule has 5 heteroatoms. The number of carbonyl (C=O) groups is 1. The van der Waals surface area contributed by atoms with Crippen molar-refractivity contribution in [1.82, 2.24) is 5.32 Å². The molecular formula is C18H23NO4. The Morgan fingerprint density at radius 3 is 3.09 bits per heavy atom. The number of carbonyl (C=O) groups excluding carboxylic acids is 1. The maximum atomic E-state index is 12.2. The van der Waals surface area contributed by atoms with Gasteiger partial charge in [0.1, 0.15) is 11.3 Å². The number of methoxy groups -OCH3 is 1. The van der Waals surface area contributed by atoms with Gasteiger partial charge in [0.25, 0.3) is 0 Å². The van der Waals surface area contributed by atoms with E-state index < -0.39 is 0 Å². The lowest BCUT2D eigenvalue weighted by Gasteiger charge is -2.25. The summed E-state index contributed by atoms with van der Waals surface area (Å²) in [7, 11) is 1.61. The summed E-state index contributed by atoms with van der Waals surface area (Å²) in [6.45, 7) is 0.638. The van der Waals surface area contributed by atoms with Crippen LogP contribution >= 0.6 is 0 Å². The third-order valence-corrected chi connectivity index (χ3v) is 4.56. The van der Waals surface area contributed by atoms with E-state index in [0.717, 1.165) is 48.0 Å². The number of aliphatic hydroxyl groups is 1. The van der Waals surface area contributed by atoms with Gasteiger partial charge in [-0.25, -0.2) is 0 Å². The Morgan fingerprint density at radius 1 is 1.43 bits per heavy atom. The number of amides is 1. The van der Waals surface area contributed by atoms with Gasteiger partial charge in [-0.1, -0.05) is 6.42 Å². The molecule has 1 fully saturated rings. The second-order valence-corrected chi connectivity index (χ2v) is 6.29. The first-order valence-electron chi connectivity index (χ1n) is 8.14. The molecule has 0 aliphatic heterocycles. The van der Waals surface area contributed by atoms with Crippen molar-refractivity contribution in [3.8, 4) is 5.75 Å². The number of hydrogen-bond donors (Lipinski definition) is 2. The molecule has 3 rings (SSSR count). The quantitative estimate of drug-likeness (QED) is 0.889. The molecule has 2 atom stereocenters. The highest BCUT2D eigenvalue weighted by molar-refractivity contribution is 5.88. The van der Waals surface area contributed by atoms with Crippen LogP contribution in [0.25, 0.3) is 11.0 Å². The lowest BCUT2D eigenvalue weighted by atomic mass is 9.87. The summed E-state index contributed by atoms with van der Waals surface area (Å²) in [6, 6.07) is 5.60. The van der Waals surface area contributed by atoms with Crippen LogP contribution in [-0.2, 0) is 11.2 Å². The highest BCUT2D eigenvalue weighted by atomic mass is 16.5. The lowest BCUT2D eigenvalue weighted by molar-refractivity contribution is -0.120. The fourth-order valence-corrected chi connectivity index (χ4v) is 3.27. The summed E-state index contributed by atoms with van der Waals surface area (Å²) in [5.41, 5.74) is 1.60. The van der Waals surface area contributed by atoms with E-state index in [4.69, 9.17) is 9.15 Å². The van der Waals surface area contributed by atoms with Gasteiger partial charge in [-0.15, -0.1) is 0 Å². The van der Waals surface area contributed by atoms with Gasteiger partial charge >= 0.3 is 0 Å².